The molecule has 0 spiro atoms. The summed E-state index contributed by atoms with van der Waals surface area (Å²) in [5.41, 5.74) is 3.81. The number of hydrogen-bond acceptors (Lipinski definition) is 4. The van der Waals surface area contributed by atoms with Gasteiger partial charge in [-0.05, 0) is 40.9 Å². The van der Waals surface area contributed by atoms with Gasteiger partial charge in [-0.2, -0.15) is 0 Å². The van der Waals surface area contributed by atoms with E-state index in [1.165, 1.54) is 11.1 Å². The summed E-state index contributed by atoms with van der Waals surface area (Å²) in [6.45, 7) is 0.394. The lowest BCUT2D eigenvalue weighted by Gasteiger charge is -2.36. The van der Waals surface area contributed by atoms with Crippen LogP contribution in [0.4, 0.5) is 0 Å². The summed E-state index contributed by atoms with van der Waals surface area (Å²) in [6, 6.07) is 3.30. The van der Waals surface area contributed by atoms with Crippen LogP contribution in [0.3, 0.4) is 0 Å². The first-order valence-electron chi connectivity index (χ1n) is 5.85. The number of β-amino-alcohol motifs (C(OH)–C–C–N with tert-alkyl or cyclic N) is 1. The highest BCUT2D eigenvalue weighted by Gasteiger charge is 2.40. The van der Waals surface area contributed by atoms with E-state index in [9.17, 15) is 14.7 Å². The number of halogens is 1. The topological polar surface area (TPSA) is 96.5 Å². The van der Waals surface area contributed by atoms with Gasteiger partial charge in [0.2, 0.25) is 0 Å². The van der Waals surface area contributed by atoms with Gasteiger partial charge in [-0.3, -0.25) is 9.59 Å². The van der Waals surface area contributed by atoms with Gasteiger partial charge in [0.05, 0.1) is 6.54 Å². The lowest BCUT2D eigenvalue weighted by Crippen LogP contribution is -2.57. The Morgan fingerprint density at radius 3 is 2.79 bits per heavy atom. The number of likely N-dealkylation sites (tertiary alicyclic amines) is 1. The zero-order valence-corrected chi connectivity index (χ0v) is 11.8. The highest BCUT2D eigenvalue weighted by molar-refractivity contribution is 9.10. The first-order chi connectivity index (χ1) is 8.92. The zero-order valence-electron chi connectivity index (χ0n) is 10.2. The first kappa shape index (κ1) is 14.0. The number of carbonyl (C=O) groups excluding carboxylic acids is 2. The minimum absolute atomic E-state index is 0.0844. The van der Waals surface area contributed by atoms with Crippen molar-refractivity contribution in [3.8, 4) is 0 Å². The molecule has 1 fully saturated rings. The van der Waals surface area contributed by atoms with Crippen molar-refractivity contribution < 1.29 is 14.7 Å². The third kappa shape index (κ3) is 2.93. The molecular formula is C12H14BrN3O3. The second kappa shape index (κ2) is 5.26. The molecule has 0 aliphatic carbocycles. The van der Waals surface area contributed by atoms with Crippen molar-refractivity contribution in [3.63, 3.8) is 0 Å². The third-order valence-electron chi connectivity index (χ3n) is 3.16. The minimum Gasteiger partial charge on any atom is -0.378 e. The fraction of sp³-hybridized carbons (Fsp3) is 0.417. The van der Waals surface area contributed by atoms with Gasteiger partial charge < -0.3 is 15.7 Å². The van der Waals surface area contributed by atoms with E-state index < -0.39 is 11.5 Å². The SMILES string of the molecule is NC(=O)[C@]1(O)CCCN(C(=O)c2ccc(Br)cn2)C1. The zero-order chi connectivity index (χ0) is 14.0. The van der Waals surface area contributed by atoms with Gasteiger partial charge in [0, 0.05) is 17.2 Å². The number of aromatic nitrogens is 1. The second-order valence-corrected chi connectivity index (χ2v) is 5.50. The van der Waals surface area contributed by atoms with Crippen molar-refractivity contribution >= 4 is 27.7 Å². The summed E-state index contributed by atoms with van der Waals surface area (Å²) in [4.78, 5) is 28.9. The molecule has 0 aromatic carbocycles. The van der Waals surface area contributed by atoms with Crippen molar-refractivity contribution in [1.29, 1.82) is 0 Å². The van der Waals surface area contributed by atoms with E-state index in [4.69, 9.17) is 5.73 Å². The Morgan fingerprint density at radius 2 is 2.21 bits per heavy atom. The van der Waals surface area contributed by atoms with Crippen molar-refractivity contribution in [2.75, 3.05) is 13.1 Å². The number of aliphatic hydroxyl groups is 1. The normalized spacial score (nSPS) is 23.2. The molecule has 2 heterocycles. The maximum Gasteiger partial charge on any atom is 0.272 e. The number of rotatable bonds is 2. The van der Waals surface area contributed by atoms with Crippen LogP contribution in [0.15, 0.2) is 22.8 Å². The Labute approximate surface area is 118 Å². The van der Waals surface area contributed by atoms with Crippen molar-refractivity contribution in [2.45, 2.75) is 18.4 Å². The molecule has 102 valence electrons. The molecule has 2 rings (SSSR count). The summed E-state index contributed by atoms with van der Waals surface area (Å²) in [5, 5.41) is 10.1. The van der Waals surface area contributed by atoms with Gasteiger partial charge in [-0.1, -0.05) is 0 Å². The maximum absolute atomic E-state index is 12.2. The Hall–Kier alpha value is -1.47. The van der Waals surface area contributed by atoms with Crippen molar-refractivity contribution in [2.24, 2.45) is 5.73 Å². The highest BCUT2D eigenvalue weighted by Crippen LogP contribution is 2.22. The van der Waals surface area contributed by atoms with E-state index in [1.54, 1.807) is 12.1 Å². The number of amides is 2. The van der Waals surface area contributed by atoms with E-state index >= 15 is 0 Å². The molecule has 2 amide bonds. The van der Waals surface area contributed by atoms with Crippen molar-refractivity contribution in [1.82, 2.24) is 9.88 Å². The van der Waals surface area contributed by atoms with Crippen LogP contribution in [0.25, 0.3) is 0 Å². The molecular weight excluding hydrogens is 314 g/mol. The fourth-order valence-electron chi connectivity index (χ4n) is 2.08. The quantitative estimate of drug-likeness (QED) is 0.816. The summed E-state index contributed by atoms with van der Waals surface area (Å²) < 4.78 is 0.774. The predicted octanol–water partition coefficient (Wildman–Crippen LogP) is 0.296. The minimum atomic E-state index is -1.64. The van der Waals surface area contributed by atoms with Gasteiger partial charge in [-0.15, -0.1) is 0 Å². The van der Waals surface area contributed by atoms with Gasteiger partial charge in [0.25, 0.3) is 11.8 Å². The molecule has 0 unspecified atom stereocenters. The van der Waals surface area contributed by atoms with E-state index in [-0.39, 0.29) is 24.6 Å². The summed E-state index contributed by atoms with van der Waals surface area (Å²) >= 11 is 3.24. The monoisotopic (exact) mass is 327 g/mol. The van der Waals surface area contributed by atoms with Crippen LogP contribution in [-0.4, -0.2) is 45.5 Å². The summed E-state index contributed by atoms with van der Waals surface area (Å²) in [5.74, 6) is -1.11. The number of hydrogen-bond donors (Lipinski definition) is 2. The standard InChI is InChI=1S/C12H14BrN3O3/c13-8-2-3-9(15-6-8)10(17)16-5-1-4-12(19,7-16)11(14)18/h2-3,6,19H,1,4-5,7H2,(H2,14,18)/t12-/m0/s1. The largest absolute Gasteiger partial charge is 0.378 e. The Bertz CT molecular complexity index is 505. The average Bonchev–Trinajstić information content (AvgIpc) is 2.39. The van der Waals surface area contributed by atoms with Crippen molar-refractivity contribution in [3.05, 3.63) is 28.5 Å². The molecule has 1 aliphatic rings. The van der Waals surface area contributed by atoms with Gasteiger partial charge in [-0.25, -0.2) is 4.98 Å². The van der Waals surface area contributed by atoms with Crippen LogP contribution < -0.4 is 5.73 Å². The second-order valence-electron chi connectivity index (χ2n) is 4.59. The Morgan fingerprint density at radius 1 is 1.47 bits per heavy atom. The third-order valence-corrected chi connectivity index (χ3v) is 3.63. The molecule has 1 aromatic rings. The molecule has 19 heavy (non-hydrogen) atoms. The average molecular weight is 328 g/mol. The molecule has 7 heteroatoms. The van der Waals surface area contributed by atoms with E-state index in [0.717, 1.165) is 4.47 Å². The lowest BCUT2D eigenvalue weighted by molar-refractivity contribution is -0.140. The van der Waals surface area contributed by atoms with Crippen LogP contribution in [0.2, 0.25) is 0 Å². The molecule has 1 saturated heterocycles. The Kier molecular flexibility index (Phi) is 3.86. The number of nitrogens with zero attached hydrogens (tertiary/aromatic N) is 2. The van der Waals surface area contributed by atoms with Crippen LogP contribution in [0.1, 0.15) is 23.3 Å². The van der Waals surface area contributed by atoms with E-state index in [1.807, 2.05) is 0 Å². The first-order valence-corrected chi connectivity index (χ1v) is 6.65. The highest BCUT2D eigenvalue weighted by atomic mass is 79.9. The van der Waals surface area contributed by atoms with E-state index in [2.05, 4.69) is 20.9 Å². The van der Waals surface area contributed by atoms with Crippen LogP contribution in [0.5, 0.6) is 0 Å². The number of piperidine rings is 1. The van der Waals surface area contributed by atoms with Gasteiger partial charge >= 0.3 is 0 Å². The molecule has 0 saturated carbocycles. The number of pyridine rings is 1. The molecule has 1 aromatic heterocycles. The summed E-state index contributed by atoms with van der Waals surface area (Å²) in [6.07, 6.45) is 2.33. The molecule has 3 N–H and O–H groups in total. The molecule has 0 bridgehead atoms. The predicted molar refractivity (Wildman–Crippen MR) is 71.2 cm³/mol. The smallest absolute Gasteiger partial charge is 0.272 e. The lowest BCUT2D eigenvalue weighted by atomic mass is 9.92. The maximum atomic E-state index is 12.2. The fourth-order valence-corrected chi connectivity index (χ4v) is 2.31. The van der Waals surface area contributed by atoms with E-state index in [0.29, 0.717) is 13.0 Å². The number of nitrogens with two attached hydrogens (primary N) is 1. The van der Waals surface area contributed by atoms with Gasteiger partial charge in [0.1, 0.15) is 5.69 Å². The molecule has 6 nitrogen and oxygen atoms in total. The van der Waals surface area contributed by atoms with Gasteiger partial charge in [0.15, 0.2) is 5.60 Å². The molecule has 0 radical (unpaired) electrons. The van der Waals surface area contributed by atoms with Crippen LogP contribution >= 0.6 is 15.9 Å². The molecule has 1 aliphatic heterocycles. The number of primary amides is 1. The van der Waals surface area contributed by atoms with Crippen LogP contribution in [0, 0.1) is 0 Å². The van der Waals surface area contributed by atoms with Crippen LogP contribution in [-0.2, 0) is 4.79 Å². The molecule has 1 atom stereocenters. The Balaban J connectivity index is 2.15. The number of carbonyl (C=O) groups is 2. The summed E-state index contributed by atoms with van der Waals surface area (Å²) in [7, 11) is 0.